The van der Waals surface area contributed by atoms with Gasteiger partial charge in [-0.25, -0.2) is 19.9 Å². The first kappa shape index (κ1) is 21.1. The van der Waals surface area contributed by atoms with E-state index in [0.29, 0.717) is 29.1 Å². The lowest BCUT2D eigenvalue weighted by Gasteiger charge is -2.09. The van der Waals surface area contributed by atoms with Crippen LogP contribution < -0.4 is 0 Å². The van der Waals surface area contributed by atoms with E-state index in [1.54, 1.807) is 6.20 Å². The maximum absolute atomic E-state index is 6.15. The second-order valence-corrected chi connectivity index (χ2v) is 8.62. The SMILES string of the molecule is c1ccc(-c2nc(-c3ccccc3)nc(-c3ccc4c(ccc5nc(-c6ccccn6)oc54)c3)n2)cc1. The predicted molar refractivity (Wildman–Crippen MR) is 144 cm³/mol. The lowest BCUT2D eigenvalue weighted by molar-refractivity contribution is 0.620. The van der Waals surface area contributed by atoms with Crippen molar-refractivity contribution in [1.82, 2.24) is 24.9 Å². The summed E-state index contributed by atoms with van der Waals surface area (Å²) < 4.78 is 6.15. The molecule has 0 atom stereocenters. The van der Waals surface area contributed by atoms with Crippen molar-refractivity contribution < 1.29 is 4.42 Å². The van der Waals surface area contributed by atoms with Crippen LogP contribution in [0.5, 0.6) is 0 Å². The summed E-state index contributed by atoms with van der Waals surface area (Å²) in [4.78, 5) is 23.5. The molecular formula is C31H19N5O. The Balaban J connectivity index is 1.37. The molecule has 7 aromatic rings. The number of rotatable bonds is 4. The highest BCUT2D eigenvalue weighted by molar-refractivity contribution is 6.04. The molecule has 6 heteroatoms. The minimum atomic E-state index is 0.504. The molecule has 3 heterocycles. The second kappa shape index (κ2) is 8.77. The zero-order chi connectivity index (χ0) is 24.6. The van der Waals surface area contributed by atoms with E-state index in [9.17, 15) is 0 Å². The van der Waals surface area contributed by atoms with Crippen molar-refractivity contribution in [3.8, 4) is 45.7 Å². The summed E-state index contributed by atoms with van der Waals surface area (Å²) in [5, 5.41) is 1.98. The van der Waals surface area contributed by atoms with Gasteiger partial charge in [-0.3, -0.25) is 4.98 Å². The van der Waals surface area contributed by atoms with Crippen LogP contribution in [0.2, 0.25) is 0 Å². The Morgan fingerprint density at radius 2 is 1.16 bits per heavy atom. The summed E-state index contributed by atoms with van der Waals surface area (Å²) in [6.45, 7) is 0. The highest BCUT2D eigenvalue weighted by atomic mass is 16.3. The summed E-state index contributed by atoms with van der Waals surface area (Å²) in [7, 11) is 0. The van der Waals surface area contributed by atoms with E-state index >= 15 is 0 Å². The largest absolute Gasteiger partial charge is 0.434 e. The molecule has 0 aliphatic rings. The second-order valence-electron chi connectivity index (χ2n) is 8.62. The zero-order valence-electron chi connectivity index (χ0n) is 19.6. The fourth-order valence-corrected chi connectivity index (χ4v) is 4.39. The van der Waals surface area contributed by atoms with E-state index in [1.165, 1.54) is 0 Å². The van der Waals surface area contributed by atoms with Crippen LogP contribution in [0.25, 0.3) is 67.6 Å². The first-order valence-electron chi connectivity index (χ1n) is 11.9. The van der Waals surface area contributed by atoms with Crippen molar-refractivity contribution in [2.24, 2.45) is 0 Å². The van der Waals surface area contributed by atoms with Crippen LogP contribution in [0.1, 0.15) is 0 Å². The summed E-state index contributed by atoms with van der Waals surface area (Å²) in [5.74, 6) is 2.39. The fraction of sp³-hybridized carbons (Fsp3) is 0. The average molecular weight is 478 g/mol. The van der Waals surface area contributed by atoms with Crippen molar-refractivity contribution in [2.75, 3.05) is 0 Å². The maximum atomic E-state index is 6.15. The molecule has 3 aromatic heterocycles. The number of pyridine rings is 1. The molecule has 0 unspecified atom stereocenters. The molecule has 0 spiro atoms. The van der Waals surface area contributed by atoms with Crippen molar-refractivity contribution >= 4 is 21.9 Å². The molecule has 0 aliphatic heterocycles. The van der Waals surface area contributed by atoms with Crippen LogP contribution in [-0.4, -0.2) is 24.9 Å². The lowest BCUT2D eigenvalue weighted by Crippen LogP contribution is -2.00. The van der Waals surface area contributed by atoms with Crippen LogP contribution in [0.4, 0.5) is 0 Å². The first-order chi connectivity index (χ1) is 18.3. The van der Waals surface area contributed by atoms with Gasteiger partial charge in [-0.1, -0.05) is 78.9 Å². The molecule has 0 amide bonds. The molecule has 0 saturated heterocycles. The third-order valence-electron chi connectivity index (χ3n) is 6.21. The smallest absolute Gasteiger partial charge is 0.246 e. The molecule has 0 N–H and O–H groups in total. The number of hydrogen-bond acceptors (Lipinski definition) is 6. The van der Waals surface area contributed by atoms with Crippen LogP contribution in [0, 0.1) is 0 Å². The van der Waals surface area contributed by atoms with E-state index in [4.69, 9.17) is 19.4 Å². The molecule has 174 valence electrons. The molecule has 37 heavy (non-hydrogen) atoms. The quantitative estimate of drug-likeness (QED) is 0.266. The number of benzene rings is 4. The van der Waals surface area contributed by atoms with Gasteiger partial charge in [0.1, 0.15) is 11.2 Å². The van der Waals surface area contributed by atoms with Gasteiger partial charge in [-0.05, 0) is 35.7 Å². The van der Waals surface area contributed by atoms with Crippen LogP contribution in [-0.2, 0) is 0 Å². The van der Waals surface area contributed by atoms with Gasteiger partial charge in [0.2, 0.25) is 5.89 Å². The van der Waals surface area contributed by atoms with E-state index in [2.05, 4.69) is 16.0 Å². The average Bonchev–Trinajstić information content (AvgIpc) is 3.43. The van der Waals surface area contributed by atoms with Crippen molar-refractivity contribution in [2.45, 2.75) is 0 Å². The van der Waals surface area contributed by atoms with Gasteiger partial charge in [0.05, 0.1) is 0 Å². The normalized spacial score (nSPS) is 11.2. The summed E-state index contributed by atoms with van der Waals surface area (Å²) in [6, 6.07) is 35.8. The monoisotopic (exact) mass is 477 g/mol. The van der Waals surface area contributed by atoms with Crippen molar-refractivity contribution in [3.63, 3.8) is 0 Å². The Kier molecular flexibility index (Phi) is 5.00. The van der Waals surface area contributed by atoms with Gasteiger partial charge in [0.25, 0.3) is 0 Å². The number of aromatic nitrogens is 5. The third-order valence-corrected chi connectivity index (χ3v) is 6.21. The minimum absolute atomic E-state index is 0.504. The molecule has 6 nitrogen and oxygen atoms in total. The fourth-order valence-electron chi connectivity index (χ4n) is 4.39. The van der Waals surface area contributed by atoms with Crippen LogP contribution >= 0.6 is 0 Å². The number of fused-ring (bicyclic) bond motifs is 3. The Morgan fingerprint density at radius 1 is 0.514 bits per heavy atom. The minimum Gasteiger partial charge on any atom is -0.434 e. The van der Waals surface area contributed by atoms with Crippen LogP contribution in [0.3, 0.4) is 0 Å². The van der Waals surface area contributed by atoms with Crippen molar-refractivity contribution in [1.29, 1.82) is 0 Å². The Bertz CT molecular complexity index is 1810. The third kappa shape index (κ3) is 3.90. The lowest BCUT2D eigenvalue weighted by atomic mass is 10.1. The Morgan fingerprint density at radius 3 is 1.81 bits per heavy atom. The number of nitrogens with zero attached hydrogens (tertiary/aromatic N) is 5. The molecule has 0 saturated carbocycles. The topological polar surface area (TPSA) is 77.6 Å². The Labute approximate surface area is 212 Å². The molecule has 4 aromatic carbocycles. The maximum Gasteiger partial charge on any atom is 0.246 e. The summed E-state index contributed by atoms with van der Waals surface area (Å²) >= 11 is 0. The molecule has 0 radical (unpaired) electrons. The van der Waals surface area contributed by atoms with Gasteiger partial charge < -0.3 is 4.42 Å². The highest BCUT2D eigenvalue weighted by Gasteiger charge is 2.15. The van der Waals surface area contributed by atoms with E-state index < -0.39 is 0 Å². The number of oxazole rings is 1. The molecule has 0 fully saturated rings. The van der Waals surface area contributed by atoms with Gasteiger partial charge >= 0.3 is 0 Å². The van der Waals surface area contributed by atoms with Crippen LogP contribution in [0.15, 0.2) is 120 Å². The van der Waals surface area contributed by atoms with Crippen molar-refractivity contribution in [3.05, 3.63) is 115 Å². The summed E-state index contributed by atoms with van der Waals surface area (Å²) in [6.07, 6.45) is 1.73. The van der Waals surface area contributed by atoms with Gasteiger partial charge in [0, 0.05) is 28.3 Å². The van der Waals surface area contributed by atoms with E-state index in [-0.39, 0.29) is 0 Å². The first-order valence-corrected chi connectivity index (χ1v) is 11.9. The van der Waals surface area contributed by atoms with Gasteiger partial charge in [-0.2, -0.15) is 0 Å². The summed E-state index contributed by atoms with van der Waals surface area (Å²) in [5.41, 5.74) is 5.00. The standard InChI is InChI=1S/C31H19N5O/c1-3-9-20(10-4-1)28-34-29(21-11-5-2-6-12-21)36-30(35-28)23-14-16-24-22(19-23)15-17-25-27(24)37-31(33-25)26-13-7-8-18-32-26/h1-19H. The van der Waals surface area contributed by atoms with Gasteiger partial charge in [-0.15, -0.1) is 0 Å². The highest BCUT2D eigenvalue weighted by Crippen LogP contribution is 2.32. The van der Waals surface area contributed by atoms with Gasteiger partial charge in [0.15, 0.2) is 23.1 Å². The molecular weight excluding hydrogens is 458 g/mol. The number of hydrogen-bond donors (Lipinski definition) is 0. The molecule has 0 bridgehead atoms. The van der Waals surface area contributed by atoms with E-state index in [0.717, 1.165) is 38.6 Å². The molecule has 0 aliphatic carbocycles. The predicted octanol–water partition coefficient (Wildman–Crippen LogP) is 7.23. The zero-order valence-corrected chi connectivity index (χ0v) is 19.6. The Hall–Kier alpha value is -5.23. The van der Waals surface area contributed by atoms with E-state index in [1.807, 2.05) is 103 Å². The molecule has 7 rings (SSSR count).